The number of benzene rings is 1. The minimum absolute atomic E-state index is 0.710. The molecule has 0 saturated carbocycles. The van der Waals surface area contributed by atoms with Gasteiger partial charge in [0, 0.05) is 18.8 Å². The third-order valence-electron chi connectivity index (χ3n) is 4.17. The maximum absolute atomic E-state index is 3.56. The number of hydrogen-bond donors (Lipinski definition) is 1. The Hall–Kier alpha value is -1.02. The molecule has 1 aromatic rings. The maximum Gasteiger partial charge on any atom is 0.0366 e. The largest absolute Gasteiger partial charge is 0.371 e. The van der Waals surface area contributed by atoms with Crippen molar-refractivity contribution in [1.82, 2.24) is 5.32 Å². The van der Waals surface area contributed by atoms with Crippen molar-refractivity contribution in [3.63, 3.8) is 0 Å². The van der Waals surface area contributed by atoms with E-state index in [4.69, 9.17) is 0 Å². The Morgan fingerprint density at radius 2 is 1.65 bits per heavy atom. The van der Waals surface area contributed by atoms with Crippen LogP contribution in [0.25, 0.3) is 0 Å². The van der Waals surface area contributed by atoms with Gasteiger partial charge in [-0.05, 0) is 55.5 Å². The number of anilines is 1. The zero-order chi connectivity index (χ0) is 14.4. The van der Waals surface area contributed by atoms with Crippen molar-refractivity contribution in [1.29, 1.82) is 0 Å². The Bertz CT molecular complexity index is 373. The van der Waals surface area contributed by atoms with Crippen molar-refractivity contribution in [2.24, 2.45) is 11.8 Å². The summed E-state index contributed by atoms with van der Waals surface area (Å²) in [6.07, 6.45) is 3.78. The molecule has 2 atom stereocenters. The smallest absolute Gasteiger partial charge is 0.0366 e. The van der Waals surface area contributed by atoms with Crippen LogP contribution < -0.4 is 10.2 Å². The molecule has 0 amide bonds. The van der Waals surface area contributed by atoms with Gasteiger partial charge in [-0.15, -0.1) is 0 Å². The molecule has 112 valence electrons. The Morgan fingerprint density at radius 3 is 2.20 bits per heavy atom. The van der Waals surface area contributed by atoms with E-state index in [2.05, 4.69) is 55.3 Å². The molecule has 1 fully saturated rings. The minimum Gasteiger partial charge on any atom is -0.371 e. The highest BCUT2D eigenvalue weighted by Gasteiger charge is 2.17. The van der Waals surface area contributed by atoms with Crippen molar-refractivity contribution in [3.05, 3.63) is 29.8 Å². The van der Waals surface area contributed by atoms with Gasteiger partial charge in [-0.3, -0.25) is 0 Å². The van der Waals surface area contributed by atoms with E-state index in [-0.39, 0.29) is 0 Å². The van der Waals surface area contributed by atoms with Gasteiger partial charge in [0.1, 0.15) is 0 Å². The predicted molar refractivity (Wildman–Crippen MR) is 88.5 cm³/mol. The molecular formula is C18H30N2. The Kier molecular flexibility index (Phi) is 5.90. The van der Waals surface area contributed by atoms with E-state index >= 15 is 0 Å². The molecule has 0 aromatic heterocycles. The Morgan fingerprint density at radius 1 is 1.05 bits per heavy atom. The van der Waals surface area contributed by atoms with Crippen LogP contribution in [0.4, 0.5) is 5.69 Å². The number of hydrogen-bond acceptors (Lipinski definition) is 2. The molecule has 0 spiro atoms. The van der Waals surface area contributed by atoms with Gasteiger partial charge in [-0.1, -0.05) is 39.3 Å². The zero-order valence-corrected chi connectivity index (χ0v) is 13.4. The van der Waals surface area contributed by atoms with Crippen molar-refractivity contribution in [2.45, 2.75) is 40.0 Å². The van der Waals surface area contributed by atoms with Crippen LogP contribution in [0.15, 0.2) is 24.3 Å². The van der Waals surface area contributed by atoms with E-state index in [1.165, 1.54) is 30.5 Å². The highest BCUT2D eigenvalue weighted by Crippen LogP contribution is 2.20. The SMILES string of the molecule is CCCCc1ccc(N2CC(C)CNCC(C)C2)cc1. The summed E-state index contributed by atoms with van der Waals surface area (Å²) in [5, 5.41) is 3.56. The normalized spacial score (nSPS) is 24.2. The lowest BCUT2D eigenvalue weighted by molar-refractivity contribution is 0.410. The first kappa shape index (κ1) is 15.4. The standard InChI is InChI=1S/C18H30N2/c1-4-5-6-17-7-9-18(10-8-17)20-13-15(2)11-19-12-16(3)14-20/h7-10,15-16,19H,4-6,11-14H2,1-3H3. The van der Waals surface area contributed by atoms with Gasteiger partial charge in [0.05, 0.1) is 0 Å². The van der Waals surface area contributed by atoms with Crippen molar-refractivity contribution in [2.75, 3.05) is 31.1 Å². The fourth-order valence-electron chi connectivity index (χ4n) is 3.00. The zero-order valence-electron chi connectivity index (χ0n) is 13.4. The molecule has 1 saturated heterocycles. The first-order chi connectivity index (χ1) is 9.69. The summed E-state index contributed by atoms with van der Waals surface area (Å²) in [4.78, 5) is 2.57. The summed E-state index contributed by atoms with van der Waals surface area (Å²) in [5.41, 5.74) is 2.87. The van der Waals surface area contributed by atoms with Gasteiger partial charge < -0.3 is 10.2 Å². The number of nitrogens with zero attached hydrogens (tertiary/aromatic N) is 1. The van der Waals surface area contributed by atoms with Gasteiger partial charge in [0.2, 0.25) is 0 Å². The van der Waals surface area contributed by atoms with Gasteiger partial charge in [0.25, 0.3) is 0 Å². The third kappa shape index (κ3) is 4.52. The van der Waals surface area contributed by atoms with E-state index in [9.17, 15) is 0 Å². The summed E-state index contributed by atoms with van der Waals surface area (Å²) in [5.74, 6) is 1.42. The lowest BCUT2D eigenvalue weighted by Crippen LogP contribution is -2.42. The van der Waals surface area contributed by atoms with Gasteiger partial charge in [0.15, 0.2) is 0 Å². The van der Waals surface area contributed by atoms with E-state index in [1.54, 1.807) is 0 Å². The predicted octanol–water partition coefficient (Wildman–Crippen LogP) is 3.71. The molecule has 1 N–H and O–H groups in total. The first-order valence-electron chi connectivity index (χ1n) is 8.23. The van der Waals surface area contributed by atoms with Crippen LogP contribution in [-0.2, 0) is 6.42 Å². The number of unbranched alkanes of at least 4 members (excludes halogenated alkanes) is 1. The van der Waals surface area contributed by atoms with Gasteiger partial charge in [-0.2, -0.15) is 0 Å². The fraction of sp³-hybridized carbons (Fsp3) is 0.667. The lowest BCUT2D eigenvalue weighted by Gasteiger charge is -2.33. The van der Waals surface area contributed by atoms with Crippen LogP contribution in [-0.4, -0.2) is 26.2 Å². The number of aryl methyl sites for hydroxylation is 1. The molecule has 2 nitrogen and oxygen atoms in total. The molecule has 2 unspecified atom stereocenters. The molecule has 0 bridgehead atoms. The Labute approximate surface area is 124 Å². The molecule has 2 rings (SSSR count). The summed E-state index contributed by atoms with van der Waals surface area (Å²) in [6, 6.07) is 9.27. The molecule has 2 heteroatoms. The highest BCUT2D eigenvalue weighted by molar-refractivity contribution is 5.48. The average molecular weight is 274 g/mol. The molecule has 1 aliphatic heterocycles. The van der Waals surface area contributed by atoms with Crippen LogP contribution in [0.1, 0.15) is 39.2 Å². The highest BCUT2D eigenvalue weighted by atomic mass is 15.1. The van der Waals surface area contributed by atoms with Crippen LogP contribution in [0.5, 0.6) is 0 Å². The van der Waals surface area contributed by atoms with E-state index in [1.807, 2.05) is 0 Å². The van der Waals surface area contributed by atoms with Gasteiger partial charge in [-0.25, -0.2) is 0 Å². The van der Waals surface area contributed by atoms with Crippen molar-refractivity contribution in [3.8, 4) is 0 Å². The maximum atomic E-state index is 3.56. The van der Waals surface area contributed by atoms with Crippen molar-refractivity contribution >= 4 is 5.69 Å². The summed E-state index contributed by atoms with van der Waals surface area (Å²) < 4.78 is 0. The third-order valence-corrected chi connectivity index (χ3v) is 4.17. The molecular weight excluding hydrogens is 244 g/mol. The quantitative estimate of drug-likeness (QED) is 0.900. The minimum atomic E-state index is 0.710. The molecule has 1 aromatic carbocycles. The van der Waals surface area contributed by atoms with Crippen LogP contribution in [0, 0.1) is 11.8 Å². The van der Waals surface area contributed by atoms with Gasteiger partial charge >= 0.3 is 0 Å². The summed E-state index contributed by atoms with van der Waals surface area (Å²) in [6.45, 7) is 11.5. The average Bonchev–Trinajstić information content (AvgIpc) is 2.43. The first-order valence-corrected chi connectivity index (χ1v) is 8.23. The molecule has 1 aliphatic rings. The van der Waals surface area contributed by atoms with E-state index in [0.717, 1.165) is 26.2 Å². The number of nitrogens with one attached hydrogen (secondary N) is 1. The van der Waals surface area contributed by atoms with Crippen LogP contribution >= 0.6 is 0 Å². The van der Waals surface area contributed by atoms with Crippen molar-refractivity contribution < 1.29 is 0 Å². The topological polar surface area (TPSA) is 15.3 Å². The molecule has 1 heterocycles. The lowest BCUT2D eigenvalue weighted by atomic mass is 10.0. The molecule has 20 heavy (non-hydrogen) atoms. The number of rotatable bonds is 4. The summed E-state index contributed by atoms with van der Waals surface area (Å²) in [7, 11) is 0. The Balaban J connectivity index is 2.03. The van der Waals surface area contributed by atoms with E-state index < -0.39 is 0 Å². The molecule has 0 aliphatic carbocycles. The second-order valence-corrected chi connectivity index (χ2v) is 6.54. The second kappa shape index (κ2) is 7.68. The van der Waals surface area contributed by atoms with Crippen LogP contribution in [0.3, 0.4) is 0 Å². The fourth-order valence-corrected chi connectivity index (χ4v) is 3.00. The second-order valence-electron chi connectivity index (χ2n) is 6.54. The monoisotopic (exact) mass is 274 g/mol. The summed E-state index contributed by atoms with van der Waals surface area (Å²) >= 11 is 0. The van der Waals surface area contributed by atoms with E-state index in [0.29, 0.717) is 11.8 Å². The van der Waals surface area contributed by atoms with Crippen LogP contribution in [0.2, 0.25) is 0 Å². The molecule has 0 radical (unpaired) electrons.